The van der Waals surface area contributed by atoms with Crippen LogP contribution in [0.5, 0.6) is 0 Å². The first-order chi connectivity index (χ1) is 14.0. The zero-order valence-electron chi connectivity index (χ0n) is 16.2. The number of nitrogens with zero attached hydrogens (tertiary/aromatic N) is 6. The van der Waals surface area contributed by atoms with E-state index in [0.29, 0.717) is 32.0 Å². The summed E-state index contributed by atoms with van der Waals surface area (Å²) >= 11 is 0. The lowest BCUT2D eigenvalue weighted by molar-refractivity contribution is 0.388. The fraction of sp³-hybridized carbons (Fsp3) is 0.421. The van der Waals surface area contributed by atoms with Gasteiger partial charge in [0, 0.05) is 43.1 Å². The van der Waals surface area contributed by atoms with Crippen LogP contribution in [0.15, 0.2) is 30.6 Å². The lowest BCUT2D eigenvalue weighted by atomic mass is 10.2. The molecule has 0 spiro atoms. The van der Waals surface area contributed by atoms with Gasteiger partial charge in [-0.05, 0) is 43.5 Å². The van der Waals surface area contributed by atoms with Crippen LogP contribution in [0.3, 0.4) is 0 Å². The lowest BCUT2D eigenvalue weighted by Crippen LogP contribution is -2.48. The average Bonchev–Trinajstić information content (AvgIpc) is 3.37. The van der Waals surface area contributed by atoms with Gasteiger partial charge < -0.3 is 10.2 Å². The number of sulfonamides is 1. The normalized spacial score (nSPS) is 17.6. The molecule has 0 bridgehead atoms. The Hall–Kier alpha value is -2.72. The molecule has 3 heterocycles. The van der Waals surface area contributed by atoms with E-state index in [-0.39, 0.29) is 0 Å². The molecule has 1 saturated heterocycles. The smallest absolute Gasteiger partial charge is 0.254 e. The van der Waals surface area contributed by atoms with E-state index in [1.54, 1.807) is 4.52 Å². The summed E-state index contributed by atoms with van der Waals surface area (Å²) in [4.78, 5) is 11.1. The Morgan fingerprint density at radius 1 is 1.03 bits per heavy atom. The molecular weight excluding hydrogens is 390 g/mol. The van der Waals surface area contributed by atoms with Crippen LogP contribution >= 0.6 is 0 Å². The molecule has 0 unspecified atom stereocenters. The quantitative estimate of drug-likeness (QED) is 0.691. The maximum absolute atomic E-state index is 11.7. The number of aromatic nitrogens is 4. The van der Waals surface area contributed by atoms with Crippen molar-refractivity contribution in [3.05, 3.63) is 41.9 Å². The molecule has 9 nitrogen and oxygen atoms in total. The van der Waals surface area contributed by atoms with E-state index in [9.17, 15) is 8.42 Å². The number of anilines is 3. The second kappa shape index (κ2) is 6.96. The monoisotopic (exact) mass is 413 g/mol. The van der Waals surface area contributed by atoms with Crippen molar-refractivity contribution in [1.82, 2.24) is 23.9 Å². The van der Waals surface area contributed by atoms with Gasteiger partial charge in [0.2, 0.25) is 10.0 Å². The molecule has 0 amide bonds. The number of rotatable bonds is 4. The molecular formula is C19H23N7O2S. The molecule has 0 atom stereocenters. The van der Waals surface area contributed by atoms with Crippen LogP contribution in [0.1, 0.15) is 17.7 Å². The Morgan fingerprint density at radius 3 is 2.52 bits per heavy atom. The summed E-state index contributed by atoms with van der Waals surface area (Å²) in [6, 6.07) is 8.22. The summed E-state index contributed by atoms with van der Waals surface area (Å²) in [7, 11) is -3.11. The number of aryl methyl sites for hydroxylation is 1. The van der Waals surface area contributed by atoms with Gasteiger partial charge in [0.25, 0.3) is 5.78 Å². The van der Waals surface area contributed by atoms with Gasteiger partial charge in [-0.15, -0.1) is 0 Å². The van der Waals surface area contributed by atoms with Crippen molar-refractivity contribution in [3.63, 3.8) is 0 Å². The number of piperazine rings is 1. The fourth-order valence-electron chi connectivity index (χ4n) is 4.12. The van der Waals surface area contributed by atoms with Gasteiger partial charge >= 0.3 is 0 Å². The Balaban J connectivity index is 1.35. The number of fused-ring (bicyclic) bond motifs is 2. The predicted molar refractivity (Wildman–Crippen MR) is 111 cm³/mol. The zero-order chi connectivity index (χ0) is 20.0. The number of hydrogen-bond donors (Lipinski definition) is 1. The number of benzene rings is 1. The van der Waals surface area contributed by atoms with Gasteiger partial charge in [-0.3, -0.25) is 0 Å². The van der Waals surface area contributed by atoms with Crippen LogP contribution in [0, 0.1) is 0 Å². The van der Waals surface area contributed by atoms with Crippen molar-refractivity contribution < 1.29 is 8.42 Å². The third-order valence-electron chi connectivity index (χ3n) is 5.65. The molecule has 1 N–H and O–H groups in total. The topological polar surface area (TPSA) is 95.7 Å². The summed E-state index contributed by atoms with van der Waals surface area (Å²) in [5.41, 5.74) is 4.38. The average molecular weight is 414 g/mol. The van der Waals surface area contributed by atoms with Gasteiger partial charge in [0.1, 0.15) is 12.1 Å². The molecule has 1 aliphatic heterocycles. The minimum atomic E-state index is -3.11. The van der Waals surface area contributed by atoms with Gasteiger partial charge in [-0.1, -0.05) is 0 Å². The summed E-state index contributed by atoms with van der Waals surface area (Å²) in [6.45, 7) is 2.42. The molecule has 2 aromatic heterocycles. The molecule has 0 radical (unpaired) electrons. The Kier molecular flexibility index (Phi) is 4.39. The molecule has 1 aromatic carbocycles. The van der Waals surface area contributed by atoms with Crippen LogP contribution in [0.4, 0.5) is 17.2 Å². The summed E-state index contributed by atoms with van der Waals surface area (Å²) in [5, 5.41) is 7.83. The maximum Gasteiger partial charge on any atom is 0.254 e. The first-order valence-electron chi connectivity index (χ1n) is 9.78. The van der Waals surface area contributed by atoms with Crippen LogP contribution in [0.2, 0.25) is 0 Å². The van der Waals surface area contributed by atoms with Gasteiger partial charge in [-0.2, -0.15) is 18.9 Å². The maximum atomic E-state index is 11.7. The van der Waals surface area contributed by atoms with Crippen molar-refractivity contribution in [2.75, 3.05) is 42.7 Å². The van der Waals surface area contributed by atoms with E-state index in [2.05, 4.69) is 37.4 Å². The minimum Gasteiger partial charge on any atom is -0.369 e. The highest BCUT2D eigenvalue weighted by Gasteiger charge is 2.24. The third kappa shape index (κ3) is 3.42. The minimum absolute atomic E-state index is 0.520. The lowest BCUT2D eigenvalue weighted by Gasteiger charge is -2.34. The second-order valence-corrected chi connectivity index (χ2v) is 9.51. The Bertz CT molecular complexity index is 1150. The van der Waals surface area contributed by atoms with Crippen molar-refractivity contribution in [2.45, 2.75) is 19.3 Å². The fourth-order valence-corrected chi connectivity index (χ4v) is 4.95. The molecule has 3 aromatic rings. The number of hydrogen-bond acceptors (Lipinski definition) is 7. The van der Waals surface area contributed by atoms with Gasteiger partial charge in [0.15, 0.2) is 0 Å². The number of nitrogens with one attached hydrogen (secondary N) is 1. The standard InChI is InChI=1S/C19H23N7O2S/c1-29(27,28)25-11-9-24(10-12-25)15-7-5-14(6-8-15)22-18-16-3-2-4-17(16)23-19-20-13-21-26(18)19/h5-8,13,22H,2-4,9-12H2,1H3. The van der Waals surface area contributed by atoms with Crippen LogP contribution in [0.25, 0.3) is 5.78 Å². The Morgan fingerprint density at radius 2 is 1.79 bits per heavy atom. The van der Waals surface area contributed by atoms with Crippen LogP contribution in [-0.2, 0) is 22.9 Å². The van der Waals surface area contributed by atoms with Crippen molar-refractivity contribution in [3.8, 4) is 0 Å². The molecule has 10 heteroatoms. The molecule has 29 heavy (non-hydrogen) atoms. The van der Waals surface area contributed by atoms with E-state index >= 15 is 0 Å². The molecule has 2 aliphatic rings. The highest BCUT2D eigenvalue weighted by atomic mass is 32.2. The Labute approximate surface area is 169 Å². The first kappa shape index (κ1) is 18.3. The summed E-state index contributed by atoms with van der Waals surface area (Å²) < 4.78 is 26.7. The molecule has 5 rings (SSSR count). The SMILES string of the molecule is CS(=O)(=O)N1CCN(c2ccc(Nc3c4c(nc5ncnn35)CCC4)cc2)CC1. The van der Waals surface area contributed by atoms with Gasteiger partial charge in [0.05, 0.1) is 11.9 Å². The molecule has 1 aliphatic carbocycles. The first-order valence-corrected chi connectivity index (χ1v) is 11.6. The van der Waals surface area contributed by atoms with E-state index in [1.807, 2.05) is 12.1 Å². The van der Waals surface area contributed by atoms with Crippen LogP contribution < -0.4 is 10.2 Å². The zero-order valence-corrected chi connectivity index (χ0v) is 17.1. The van der Waals surface area contributed by atoms with Crippen molar-refractivity contribution in [1.29, 1.82) is 0 Å². The molecule has 0 saturated carbocycles. The van der Waals surface area contributed by atoms with E-state index in [0.717, 1.165) is 42.1 Å². The summed E-state index contributed by atoms with van der Waals surface area (Å²) in [5.74, 6) is 1.56. The highest BCUT2D eigenvalue weighted by molar-refractivity contribution is 7.88. The molecule has 1 fully saturated rings. The van der Waals surface area contributed by atoms with E-state index < -0.39 is 10.0 Å². The largest absolute Gasteiger partial charge is 0.369 e. The van der Waals surface area contributed by atoms with Crippen molar-refractivity contribution >= 4 is 33.0 Å². The summed E-state index contributed by atoms with van der Waals surface area (Å²) in [6.07, 6.45) is 5.87. The van der Waals surface area contributed by atoms with E-state index in [4.69, 9.17) is 0 Å². The second-order valence-electron chi connectivity index (χ2n) is 7.53. The van der Waals surface area contributed by atoms with Gasteiger partial charge in [-0.25, -0.2) is 13.4 Å². The van der Waals surface area contributed by atoms with E-state index in [1.165, 1.54) is 22.5 Å². The third-order valence-corrected chi connectivity index (χ3v) is 6.96. The van der Waals surface area contributed by atoms with Crippen molar-refractivity contribution in [2.24, 2.45) is 0 Å². The molecule has 152 valence electrons. The highest BCUT2D eigenvalue weighted by Crippen LogP contribution is 2.30. The predicted octanol–water partition coefficient (Wildman–Crippen LogP) is 1.44. The van der Waals surface area contributed by atoms with Crippen LogP contribution in [-0.4, -0.2) is 64.7 Å².